The molecule has 6 heteroatoms. The molecule has 0 radical (unpaired) electrons. The molecular formula is C16H21N5O. The third-order valence-electron chi connectivity index (χ3n) is 3.81. The molecule has 0 bridgehead atoms. The highest BCUT2D eigenvalue weighted by molar-refractivity contribution is 5.44. The van der Waals surface area contributed by atoms with Crippen molar-refractivity contribution in [3.05, 3.63) is 41.6 Å². The summed E-state index contributed by atoms with van der Waals surface area (Å²) in [6.07, 6.45) is 3.69. The van der Waals surface area contributed by atoms with Gasteiger partial charge in [-0.2, -0.15) is 10.1 Å². The number of hydrogen-bond acceptors (Lipinski definition) is 6. The van der Waals surface area contributed by atoms with Gasteiger partial charge in [-0.15, -0.1) is 5.10 Å². The molecule has 0 spiro atoms. The van der Waals surface area contributed by atoms with Gasteiger partial charge in [-0.05, 0) is 24.0 Å². The molecule has 1 aliphatic rings. The fourth-order valence-corrected chi connectivity index (χ4v) is 2.63. The number of rotatable bonds is 6. The van der Waals surface area contributed by atoms with Crippen LogP contribution in [0.1, 0.15) is 17.5 Å². The lowest BCUT2D eigenvalue weighted by Crippen LogP contribution is -2.31. The van der Waals surface area contributed by atoms with Gasteiger partial charge in [0.05, 0.1) is 6.20 Å². The lowest BCUT2D eigenvalue weighted by Gasteiger charge is -2.29. The van der Waals surface area contributed by atoms with Crippen LogP contribution in [0.3, 0.4) is 0 Å². The molecule has 116 valence electrons. The van der Waals surface area contributed by atoms with E-state index in [1.54, 1.807) is 13.3 Å². The zero-order valence-electron chi connectivity index (χ0n) is 12.8. The first-order chi connectivity index (χ1) is 10.9. The van der Waals surface area contributed by atoms with Crippen LogP contribution >= 0.6 is 0 Å². The molecule has 1 aromatic heterocycles. The van der Waals surface area contributed by atoms with E-state index in [2.05, 4.69) is 49.7 Å². The summed E-state index contributed by atoms with van der Waals surface area (Å²) < 4.78 is 5.03. The van der Waals surface area contributed by atoms with E-state index in [1.165, 1.54) is 11.1 Å². The number of fused-ring (bicyclic) bond motifs is 1. The third kappa shape index (κ3) is 3.51. The normalized spacial score (nSPS) is 13.8. The fourth-order valence-electron chi connectivity index (χ4n) is 2.63. The zero-order valence-corrected chi connectivity index (χ0v) is 12.8. The second-order valence-electron chi connectivity index (χ2n) is 5.35. The van der Waals surface area contributed by atoms with E-state index in [1.807, 2.05) is 0 Å². The second-order valence-corrected chi connectivity index (χ2v) is 5.35. The molecule has 0 atom stereocenters. The standard InChI is InChI=1S/C16H21N5O/c1-22-10-4-8-17-16-19-15(11-18-20-16)21-9-7-13-5-2-3-6-14(13)12-21/h2-3,5-6,11H,4,7-10,12H2,1H3,(H,17,19,20). The van der Waals surface area contributed by atoms with Crippen LogP contribution in [-0.2, 0) is 17.7 Å². The summed E-state index contributed by atoms with van der Waals surface area (Å²) in [5.41, 5.74) is 2.79. The summed E-state index contributed by atoms with van der Waals surface area (Å²) in [7, 11) is 1.70. The highest BCUT2D eigenvalue weighted by atomic mass is 16.5. The molecule has 1 aliphatic heterocycles. The van der Waals surface area contributed by atoms with Crippen LogP contribution in [0.2, 0.25) is 0 Å². The van der Waals surface area contributed by atoms with Crippen molar-refractivity contribution in [2.75, 3.05) is 37.0 Å². The van der Waals surface area contributed by atoms with Crippen LogP contribution in [0.4, 0.5) is 11.8 Å². The smallest absolute Gasteiger partial charge is 0.244 e. The fraction of sp³-hybridized carbons (Fsp3) is 0.438. The van der Waals surface area contributed by atoms with Crippen LogP contribution in [0.5, 0.6) is 0 Å². The summed E-state index contributed by atoms with van der Waals surface area (Å²) in [4.78, 5) is 6.81. The number of ether oxygens (including phenoxy) is 1. The summed E-state index contributed by atoms with van der Waals surface area (Å²) in [6, 6.07) is 8.57. The average molecular weight is 299 g/mol. The number of anilines is 2. The molecule has 3 rings (SSSR count). The first-order valence-electron chi connectivity index (χ1n) is 7.61. The maximum Gasteiger partial charge on any atom is 0.244 e. The predicted octanol–water partition coefficient (Wildman–Crippen LogP) is 1.88. The van der Waals surface area contributed by atoms with Crippen LogP contribution < -0.4 is 10.2 Å². The SMILES string of the molecule is COCCCNc1nncc(N2CCc3ccccc3C2)n1. The highest BCUT2D eigenvalue weighted by Crippen LogP contribution is 2.22. The molecule has 0 saturated heterocycles. The molecule has 0 unspecified atom stereocenters. The zero-order chi connectivity index (χ0) is 15.2. The van der Waals surface area contributed by atoms with Crippen LogP contribution in [0.15, 0.2) is 30.5 Å². The van der Waals surface area contributed by atoms with Crippen LogP contribution in [0.25, 0.3) is 0 Å². The number of aromatic nitrogens is 3. The van der Waals surface area contributed by atoms with Crippen molar-refractivity contribution < 1.29 is 4.74 Å². The number of benzene rings is 1. The van der Waals surface area contributed by atoms with E-state index in [0.29, 0.717) is 5.95 Å². The van der Waals surface area contributed by atoms with Crippen molar-refractivity contribution in [2.45, 2.75) is 19.4 Å². The molecule has 22 heavy (non-hydrogen) atoms. The van der Waals surface area contributed by atoms with E-state index in [4.69, 9.17) is 4.74 Å². The van der Waals surface area contributed by atoms with Crippen molar-refractivity contribution in [3.63, 3.8) is 0 Å². The first-order valence-corrected chi connectivity index (χ1v) is 7.61. The van der Waals surface area contributed by atoms with Gasteiger partial charge in [0, 0.05) is 33.4 Å². The monoisotopic (exact) mass is 299 g/mol. The Morgan fingerprint density at radius 1 is 1.27 bits per heavy atom. The maximum atomic E-state index is 5.03. The number of nitrogens with one attached hydrogen (secondary N) is 1. The summed E-state index contributed by atoms with van der Waals surface area (Å²) in [5, 5.41) is 11.3. The van der Waals surface area contributed by atoms with E-state index in [0.717, 1.165) is 44.9 Å². The molecule has 0 aliphatic carbocycles. The van der Waals surface area contributed by atoms with Gasteiger partial charge in [0.15, 0.2) is 5.82 Å². The largest absolute Gasteiger partial charge is 0.385 e. The van der Waals surface area contributed by atoms with Gasteiger partial charge in [0.2, 0.25) is 5.95 Å². The van der Waals surface area contributed by atoms with E-state index >= 15 is 0 Å². The summed E-state index contributed by atoms with van der Waals surface area (Å²) in [5.74, 6) is 1.45. The van der Waals surface area contributed by atoms with E-state index in [-0.39, 0.29) is 0 Å². The molecule has 1 N–H and O–H groups in total. The number of nitrogens with zero attached hydrogens (tertiary/aromatic N) is 4. The Labute approximate surface area is 130 Å². The van der Waals surface area contributed by atoms with Gasteiger partial charge in [0.1, 0.15) is 0 Å². The van der Waals surface area contributed by atoms with Gasteiger partial charge < -0.3 is 15.0 Å². The van der Waals surface area contributed by atoms with Crippen molar-refractivity contribution in [1.29, 1.82) is 0 Å². The summed E-state index contributed by atoms with van der Waals surface area (Å²) in [6.45, 7) is 3.33. The molecule has 6 nitrogen and oxygen atoms in total. The molecule has 2 heterocycles. The molecule has 1 aromatic carbocycles. The minimum atomic E-state index is 0.576. The molecule has 0 fully saturated rings. The Hall–Kier alpha value is -2.21. The Morgan fingerprint density at radius 2 is 2.14 bits per heavy atom. The quantitative estimate of drug-likeness (QED) is 0.822. The lowest BCUT2D eigenvalue weighted by atomic mass is 10.0. The summed E-state index contributed by atoms with van der Waals surface area (Å²) >= 11 is 0. The van der Waals surface area contributed by atoms with Crippen molar-refractivity contribution in [2.24, 2.45) is 0 Å². The Morgan fingerprint density at radius 3 is 3.00 bits per heavy atom. The minimum absolute atomic E-state index is 0.576. The second kappa shape index (κ2) is 7.17. The van der Waals surface area contributed by atoms with Crippen molar-refractivity contribution >= 4 is 11.8 Å². The average Bonchev–Trinajstić information content (AvgIpc) is 2.59. The van der Waals surface area contributed by atoms with Gasteiger partial charge in [0.25, 0.3) is 0 Å². The van der Waals surface area contributed by atoms with E-state index in [9.17, 15) is 0 Å². The van der Waals surface area contributed by atoms with Crippen molar-refractivity contribution in [1.82, 2.24) is 15.2 Å². The Bertz CT molecular complexity index is 619. The Kier molecular flexibility index (Phi) is 4.80. The first kappa shape index (κ1) is 14.7. The number of methoxy groups -OCH3 is 1. The van der Waals surface area contributed by atoms with Gasteiger partial charge >= 0.3 is 0 Å². The molecular weight excluding hydrogens is 278 g/mol. The van der Waals surface area contributed by atoms with Crippen LogP contribution in [0, 0.1) is 0 Å². The number of hydrogen-bond donors (Lipinski definition) is 1. The lowest BCUT2D eigenvalue weighted by molar-refractivity contribution is 0.197. The third-order valence-corrected chi connectivity index (χ3v) is 3.81. The van der Waals surface area contributed by atoms with Gasteiger partial charge in [-0.25, -0.2) is 0 Å². The van der Waals surface area contributed by atoms with Gasteiger partial charge in [-0.3, -0.25) is 0 Å². The van der Waals surface area contributed by atoms with Gasteiger partial charge in [-0.1, -0.05) is 24.3 Å². The van der Waals surface area contributed by atoms with Crippen LogP contribution in [-0.4, -0.2) is 42.0 Å². The topological polar surface area (TPSA) is 63.2 Å². The predicted molar refractivity (Wildman–Crippen MR) is 86.0 cm³/mol. The molecule has 0 saturated carbocycles. The minimum Gasteiger partial charge on any atom is -0.385 e. The Balaban J connectivity index is 1.65. The molecule has 0 amide bonds. The molecule has 2 aromatic rings. The highest BCUT2D eigenvalue weighted by Gasteiger charge is 2.17. The maximum absolute atomic E-state index is 5.03. The van der Waals surface area contributed by atoms with E-state index < -0.39 is 0 Å². The van der Waals surface area contributed by atoms with Crippen molar-refractivity contribution in [3.8, 4) is 0 Å².